The maximum atomic E-state index is 13.1. The summed E-state index contributed by atoms with van der Waals surface area (Å²) >= 11 is 4.47. The van der Waals surface area contributed by atoms with Crippen LogP contribution in [0.4, 0.5) is 5.69 Å². The number of nitrogens with one attached hydrogen (secondary N) is 2. The third kappa shape index (κ3) is 5.91. The number of thiol groups is 1. The predicted molar refractivity (Wildman–Crippen MR) is 166 cm³/mol. The average Bonchev–Trinajstić information content (AvgIpc) is 3.51. The first-order chi connectivity index (χ1) is 20.0. The SMILES string of the molecule is CCCc1nc2c(C)cc(NC(=O)[C@H](CS)CC3CC3)cc2n1Cc1ccc(-c2ccccc2-c2nnn[nH]2)cc1. The van der Waals surface area contributed by atoms with Crippen molar-refractivity contribution in [3.8, 4) is 22.5 Å². The molecule has 0 radical (unpaired) electrons. The molecular weight excluding hydrogens is 530 g/mol. The minimum atomic E-state index is -0.0636. The van der Waals surface area contributed by atoms with E-state index in [1.807, 2.05) is 24.3 Å². The first-order valence-corrected chi connectivity index (χ1v) is 15.0. The Kier molecular flexibility index (Phi) is 7.87. The average molecular weight is 566 g/mol. The van der Waals surface area contributed by atoms with Crippen LogP contribution >= 0.6 is 12.6 Å². The van der Waals surface area contributed by atoms with Crippen LogP contribution in [-0.2, 0) is 17.8 Å². The van der Waals surface area contributed by atoms with Gasteiger partial charge >= 0.3 is 0 Å². The van der Waals surface area contributed by atoms with Crippen LogP contribution in [0, 0.1) is 18.8 Å². The lowest BCUT2D eigenvalue weighted by Crippen LogP contribution is -2.24. The quantitative estimate of drug-likeness (QED) is 0.159. The van der Waals surface area contributed by atoms with Crippen LogP contribution in [0.3, 0.4) is 0 Å². The second kappa shape index (κ2) is 11.9. The molecule has 2 aromatic heterocycles. The molecule has 1 fully saturated rings. The second-order valence-electron chi connectivity index (χ2n) is 11.1. The van der Waals surface area contributed by atoms with Crippen molar-refractivity contribution in [2.24, 2.45) is 11.8 Å². The van der Waals surface area contributed by atoms with Crippen molar-refractivity contribution in [2.45, 2.75) is 52.5 Å². The molecule has 8 nitrogen and oxygen atoms in total. The smallest absolute Gasteiger partial charge is 0.228 e. The Morgan fingerprint density at radius 2 is 1.90 bits per heavy atom. The summed E-state index contributed by atoms with van der Waals surface area (Å²) in [6.07, 6.45) is 5.27. The van der Waals surface area contributed by atoms with Crippen LogP contribution in [0.2, 0.25) is 0 Å². The molecule has 2 N–H and O–H groups in total. The Morgan fingerprint density at radius 3 is 2.59 bits per heavy atom. The predicted octanol–water partition coefficient (Wildman–Crippen LogP) is 6.48. The number of aryl methyl sites for hydroxylation is 2. The standard InChI is InChI=1S/C32H35N7OS/c1-3-6-29-34-30-20(2)15-25(33-32(40)24(19-41)16-21-9-10-21)17-28(30)39(29)18-22-11-13-23(14-12-22)26-7-4-5-8-27(26)31-35-37-38-36-31/h4-5,7-8,11-15,17,21,24,41H,3,6,9-10,16,18-19H2,1-2H3,(H,33,40)(H,35,36,37,38)/t24-/m0/s1. The van der Waals surface area contributed by atoms with E-state index >= 15 is 0 Å². The Bertz CT molecular complexity index is 1660. The third-order valence-corrected chi connectivity index (χ3v) is 8.34. The van der Waals surface area contributed by atoms with Crippen molar-refractivity contribution in [3.05, 3.63) is 77.6 Å². The van der Waals surface area contributed by atoms with Crippen molar-refractivity contribution in [2.75, 3.05) is 11.1 Å². The molecule has 1 aliphatic rings. The molecule has 5 aromatic rings. The fraction of sp³-hybridized carbons (Fsp3) is 0.344. The lowest BCUT2D eigenvalue weighted by atomic mass is 9.98. The van der Waals surface area contributed by atoms with Crippen LogP contribution in [0.15, 0.2) is 60.7 Å². The van der Waals surface area contributed by atoms with Crippen molar-refractivity contribution in [1.82, 2.24) is 30.2 Å². The van der Waals surface area contributed by atoms with E-state index in [9.17, 15) is 4.79 Å². The minimum absolute atomic E-state index is 0.0578. The van der Waals surface area contributed by atoms with Gasteiger partial charge in [-0.3, -0.25) is 4.79 Å². The molecule has 2 heterocycles. The van der Waals surface area contributed by atoms with Gasteiger partial charge in [0.25, 0.3) is 0 Å². The molecule has 6 rings (SSSR count). The summed E-state index contributed by atoms with van der Waals surface area (Å²) < 4.78 is 2.30. The van der Waals surface area contributed by atoms with E-state index in [-0.39, 0.29) is 11.8 Å². The largest absolute Gasteiger partial charge is 0.326 e. The topological polar surface area (TPSA) is 101 Å². The van der Waals surface area contributed by atoms with Crippen LogP contribution in [0.25, 0.3) is 33.5 Å². The van der Waals surface area contributed by atoms with E-state index in [1.54, 1.807) is 0 Å². The number of aromatic nitrogens is 6. The number of tetrazole rings is 1. The van der Waals surface area contributed by atoms with Crippen molar-refractivity contribution < 1.29 is 4.79 Å². The molecule has 0 spiro atoms. The van der Waals surface area contributed by atoms with Gasteiger partial charge < -0.3 is 9.88 Å². The number of anilines is 1. The molecule has 3 aromatic carbocycles. The zero-order valence-electron chi connectivity index (χ0n) is 23.5. The van der Waals surface area contributed by atoms with Gasteiger partial charge in [0.2, 0.25) is 5.91 Å². The van der Waals surface area contributed by atoms with Gasteiger partial charge in [0, 0.05) is 35.9 Å². The molecule has 210 valence electrons. The highest BCUT2D eigenvalue weighted by molar-refractivity contribution is 7.80. The third-order valence-electron chi connectivity index (χ3n) is 7.90. The van der Waals surface area contributed by atoms with E-state index in [0.717, 1.165) is 64.1 Å². The molecule has 0 unspecified atom stereocenters. The lowest BCUT2D eigenvalue weighted by Gasteiger charge is -2.15. The highest BCUT2D eigenvalue weighted by Gasteiger charge is 2.28. The van der Waals surface area contributed by atoms with Gasteiger partial charge in [0.05, 0.1) is 11.0 Å². The summed E-state index contributed by atoms with van der Waals surface area (Å²) in [4.78, 5) is 18.1. The van der Waals surface area contributed by atoms with E-state index in [4.69, 9.17) is 4.98 Å². The Morgan fingerprint density at radius 1 is 1.12 bits per heavy atom. The number of carbonyl (C=O) groups excluding carboxylic acids is 1. The number of hydrogen-bond donors (Lipinski definition) is 3. The Balaban J connectivity index is 1.29. The fourth-order valence-electron chi connectivity index (χ4n) is 5.56. The van der Waals surface area contributed by atoms with E-state index in [1.165, 1.54) is 18.4 Å². The van der Waals surface area contributed by atoms with Gasteiger partial charge in [-0.25, -0.2) is 10.1 Å². The van der Waals surface area contributed by atoms with Gasteiger partial charge in [-0.15, -0.1) is 5.10 Å². The summed E-state index contributed by atoms with van der Waals surface area (Å²) in [7, 11) is 0. The summed E-state index contributed by atoms with van der Waals surface area (Å²) in [6.45, 7) is 4.94. The van der Waals surface area contributed by atoms with Crippen molar-refractivity contribution >= 4 is 35.3 Å². The molecule has 1 atom stereocenters. The minimum Gasteiger partial charge on any atom is -0.326 e. The van der Waals surface area contributed by atoms with Gasteiger partial charge in [0.15, 0.2) is 5.82 Å². The first kappa shape index (κ1) is 27.2. The molecular formula is C32H35N7OS. The van der Waals surface area contributed by atoms with Crippen LogP contribution in [-0.4, -0.2) is 41.8 Å². The van der Waals surface area contributed by atoms with E-state index in [2.05, 4.69) is 93.4 Å². The normalized spacial score (nSPS) is 13.9. The van der Waals surface area contributed by atoms with Gasteiger partial charge in [-0.05, 0) is 70.5 Å². The lowest BCUT2D eigenvalue weighted by molar-refractivity contribution is -0.119. The summed E-state index contributed by atoms with van der Waals surface area (Å²) in [5.74, 6) is 2.94. The molecule has 1 amide bonds. The first-order valence-electron chi connectivity index (χ1n) is 14.4. The summed E-state index contributed by atoms with van der Waals surface area (Å²) in [5.41, 5.74) is 8.20. The molecule has 1 saturated carbocycles. The van der Waals surface area contributed by atoms with Crippen molar-refractivity contribution in [3.63, 3.8) is 0 Å². The highest BCUT2D eigenvalue weighted by Crippen LogP contribution is 2.36. The second-order valence-corrected chi connectivity index (χ2v) is 11.4. The van der Waals surface area contributed by atoms with Gasteiger partial charge in [0.1, 0.15) is 5.82 Å². The van der Waals surface area contributed by atoms with Gasteiger partial charge in [-0.1, -0.05) is 68.3 Å². The van der Waals surface area contributed by atoms with Crippen LogP contribution in [0.1, 0.15) is 49.6 Å². The number of fused-ring (bicyclic) bond motifs is 1. The molecule has 1 aliphatic carbocycles. The number of aromatic amines is 1. The number of nitrogens with zero attached hydrogens (tertiary/aromatic N) is 5. The van der Waals surface area contributed by atoms with Gasteiger partial charge in [-0.2, -0.15) is 12.6 Å². The number of H-pyrrole nitrogens is 1. The fourth-order valence-corrected chi connectivity index (χ4v) is 5.87. The van der Waals surface area contributed by atoms with E-state index < -0.39 is 0 Å². The number of carbonyl (C=O) groups is 1. The van der Waals surface area contributed by atoms with Crippen molar-refractivity contribution in [1.29, 1.82) is 0 Å². The zero-order chi connectivity index (χ0) is 28.3. The monoisotopic (exact) mass is 565 g/mol. The molecule has 0 bridgehead atoms. The summed E-state index contributed by atoms with van der Waals surface area (Å²) in [5, 5.41) is 17.6. The van der Waals surface area contributed by atoms with Crippen LogP contribution < -0.4 is 5.32 Å². The Labute approximate surface area is 245 Å². The number of hydrogen-bond acceptors (Lipinski definition) is 6. The Hall–Kier alpha value is -3.98. The molecule has 0 saturated heterocycles. The summed E-state index contributed by atoms with van der Waals surface area (Å²) in [6, 6.07) is 20.8. The zero-order valence-corrected chi connectivity index (χ0v) is 24.4. The number of benzene rings is 3. The number of amides is 1. The highest BCUT2D eigenvalue weighted by atomic mass is 32.1. The van der Waals surface area contributed by atoms with Crippen LogP contribution in [0.5, 0.6) is 0 Å². The molecule has 9 heteroatoms. The van der Waals surface area contributed by atoms with E-state index in [0.29, 0.717) is 24.0 Å². The number of imidazole rings is 1. The molecule has 0 aliphatic heterocycles. The maximum absolute atomic E-state index is 13.1. The maximum Gasteiger partial charge on any atom is 0.228 e. The number of rotatable bonds is 11. The molecule has 41 heavy (non-hydrogen) atoms.